The predicted molar refractivity (Wildman–Crippen MR) is 96.8 cm³/mol. The molecule has 0 amide bonds. The largest absolute Gasteiger partial charge is 0.293 e. The van der Waals surface area contributed by atoms with Gasteiger partial charge in [-0.05, 0) is 32.0 Å². The fourth-order valence-corrected chi connectivity index (χ4v) is 3.09. The van der Waals surface area contributed by atoms with E-state index in [1.165, 1.54) is 30.0 Å². The van der Waals surface area contributed by atoms with Crippen molar-refractivity contribution < 1.29 is 9.72 Å². The highest BCUT2D eigenvalue weighted by molar-refractivity contribution is 7.99. The van der Waals surface area contributed by atoms with Crippen LogP contribution in [0.25, 0.3) is 5.82 Å². The molecule has 8 nitrogen and oxygen atoms in total. The Balaban J connectivity index is 1.66. The zero-order chi connectivity index (χ0) is 18.7. The van der Waals surface area contributed by atoms with Gasteiger partial charge in [-0.25, -0.2) is 4.68 Å². The van der Waals surface area contributed by atoms with E-state index < -0.39 is 4.92 Å². The first-order valence-electron chi connectivity index (χ1n) is 7.72. The lowest BCUT2D eigenvalue weighted by Gasteiger charge is -2.04. The summed E-state index contributed by atoms with van der Waals surface area (Å²) in [5, 5.41) is 24.0. The average molecular weight is 369 g/mol. The van der Waals surface area contributed by atoms with Crippen molar-refractivity contribution in [3.63, 3.8) is 0 Å². The van der Waals surface area contributed by atoms with E-state index in [-0.39, 0.29) is 17.2 Å². The van der Waals surface area contributed by atoms with E-state index in [0.29, 0.717) is 16.4 Å². The number of carbonyl (C=O) groups is 1. The molecule has 0 saturated carbocycles. The molecule has 0 aliphatic carbocycles. The molecule has 0 bridgehead atoms. The van der Waals surface area contributed by atoms with Gasteiger partial charge >= 0.3 is 0 Å². The van der Waals surface area contributed by atoms with Gasteiger partial charge in [-0.3, -0.25) is 14.9 Å². The smallest absolute Gasteiger partial charge is 0.270 e. The highest BCUT2D eigenvalue weighted by Crippen LogP contribution is 2.19. The standard InChI is InChI=1S/C17H15N5O3S/c1-11-8-12(2)21(20-11)16-6-7-17(19-18-16)26-10-15(23)13-4-3-5-14(9-13)22(24)25/h3-9H,10H2,1-2H3. The van der Waals surface area contributed by atoms with Crippen LogP contribution in [0.3, 0.4) is 0 Å². The number of ketones is 1. The maximum atomic E-state index is 12.2. The van der Waals surface area contributed by atoms with Gasteiger partial charge in [0.25, 0.3) is 5.69 Å². The molecule has 2 aromatic heterocycles. The molecule has 26 heavy (non-hydrogen) atoms. The van der Waals surface area contributed by atoms with Crippen molar-refractivity contribution in [2.45, 2.75) is 18.9 Å². The van der Waals surface area contributed by atoms with Gasteiger partial charge in [0.15, 0.2) is 11.6 Å². The Morgan fingerprint density at radius 3 is 2.62 bits per heavy atom. The number of benzene rings is 1. The number of aromatic nitrogens is 4. The Hall–Kier alpha value is -3.07. The van der Waals surface area contributed by atoms with Gasteiger partial charge in [-0.2, -0.15) is 5.10 Å². The average Bonchev–Trinajstić information content (AvgIpc) is 2.98. The number of aryl methyl sites for hydroxylation is 2. The maximum Gasteiger partial charge on any atom is 0.270 e. The lowest BCUT2D eigenvalue weighted by molar-refractivity contribution is -0.384. The van der Waals surface area contributed by atoms with Crippen molar-refractivity contribution in [3.8, 4) is 5.82 Å². The highest BCUT2D eigenvalue weighted by Gasteiger charge is 2.13. The van der Waals surface area contributed by atoms with Crippen LogP contribution in [0.2, 0.25) is 0 Å². The second-order valence-corrected chi connectivity index (χ2v) is 6.58. The number of nitro groups is 1. The third kappa shape index (κ3) is 3.94. The fraction of sp³-hybridized carbons (Fsp3) is 0.176. The summed E-state index contributed by atoms with van der Waals surface area (Å²) in [6.45, 7) is 3.84. The van der Waals surface area contributed by atoms with Crippen molar-refractivity contribution >= 4 is 23.2 Å². The summed E-state index contributed by atoms with van der Waals surface area (Å²) in [5.41, 5.74) is 2.05. The van der Waals surface area contributed by atoms with Crippen molar-refractivity contribution in [1.82, 2.24) is 20.0 Å². The van der Waals surface area contributed by atoms with Crippen LogP contribution in [-0.2, 0) is 0 Å². The normalized spacial score (nSPS) is 10.7. The van der Waals surface area contributed by atoms with Gasteiger partial charge in [0, 0.05) is 23.4 Å². The van der Waals surface area contributed by atoms with E-state index in [4.69, 9.17) is 0 Å². The van der Waals surface area contributed by atoms with Crippen molar-refractivity contribution in [3.05, 3.63) is 69.5 Å². The minimum absolute atomic E-state index is 0.102. The van der Waals surface area contributed by atoms with Gasteiger partial charge in [0.2, 0.25) is 0 Å². The predicted octanol–water partition coefficient (Wildman–Crippen LogP) is 3.16. The minimum Gasteiger partial charge on any atom is -0.293 e. The van der Waals surface area contributed by atoms with E-state index >= 15 is 0 Å². The first-order valence-corrected chi connectivity index (χ1v) is 8.70. The Kier molecular flexibility index (Phi) is 5.08. The minimum atomic E-state index is -0.521. The number of thioether (sulfide) groups is 1. The number of hydrogen-bond acceptors (Lipinski definition) is 7. The quantitative estimate of drug-likeness (QED) is 0.284. The summed E-state index contributed by atoms with van der Waals surface area (Å²) in [7, 11) is 0. The Morgan fingerprint density at radius 2 is 2.00 bits per heavy atom. The molecule has 0 unspecified atom stereocenters. The number of nitro benzene ring substituents is 1. The van der Waals surface area contributed by atoms with Crippen LogP contribution in [-0.4, -0.2) is 36.4 Å². The Morgan fingerprint density at radius 1 is 1.19 bits per heavy atom. The lowest BCUT2D eigenvalue weighted by Crippen LogP contribution is -2.05. The Labute approximate surface area is 153 Å². The molecule has 0 N–H and O–H groups in total. The third-order valence-electron chi connectivity index (χ3n) is 3.58. The summed E-state index contributed by atoms with van der Waals surface area (Å²) in [5.74, 6) is 0.517. The van der Waals surface area contributed by atoms with Crippen LogP contribution in [0.1, 0.15) is 21.7 Å². The molecular weight excluding hydrogens is 354 g/mol. The molecule has 9 heteroatoms. The highest BCUT2D eigenvalue weighted by atomic mass is 32.2. The van der Waals surface area contributed by atoms with E-state index in [2.05, 4.69) is 15.3 Å². The molecule has 0 aliphatic rings. The Bertz CT molecular complexity index is 969. The molecule has 3 aromatic rings. The number of Topliss-reactive ketones (excluding diaryl/α,β-unsaturated/α-hetero) is 1. The molecule has 0 atom stereocenters. The van der Waals surface area contributed by atoms with Crippen LogP contribution < -0.4 is 0 Å². The van der Waals surface area contributed by atoms with Gasteiger partial charge in [-0.1, -0.05) is 23.9 Å². The maximum absolute atomic E-state index is 12.2. The van der Waals surface area contributed by atoms with E-state index in [1.54, 1.807) is 22.9 Å². The van der Waals surface area contributed by atoms with E-state index in [0.717, 1.165) is 11.4 Å². The topological polar surface area (TPSA) is 104 Å². The number of carbonyl (C=O) groups excluding carboxylic acids is 1. The fourth-order valence-electron chi connectivity index (χ4n) is 2.38. The SMILES string of the molecule is Cc1cc(C)n(-c2ccc(SCC(=O)c3cccc([N+](=O)[O-])c3)nn2)n1. The second-order valence-electron chi connectivity index (χ2n) is 5.59. The number of non-ortho nitro benzene ring substituents is 1. The van der Waals surface area contributed by atoms with E-state index in [9.17, 15) is 14.9 Å². The molecule has 0 aliphatic heterocycles. The summed E-state index contributed by atoms with van der Waals surface area (Å²) in [6, 6.07) is 11.2. The van der Waals surface area contributed by atoms with Crippen molar-refractivity contribution in [2.75, 3.05) is 5.75 Å². The molecule has 0 fully saturated rings. The van der Waals surface area contributed by atoms with Crippen LogP contribution in [0.5, 0.6) is 0 Å². The summed E-state index contributed by atoms with van der Waals surface area (Å²) in [4.78, 5) is 22.5. The van der Waals surface area contributed by atoms with Crippen LogP contribution in [0.15, 0.2) is 47.5 Å². The van der Waals surface area contributed by atoms with Gasteiger partial charge in [0.1, 0.15) is 5.03 Å². The summed E-state index contributed by atoms with van der Waals surface area (Å²) in [6.07, 6.45) is 0. The molecule has 0 saturated heterocycles. The van der Waals surface area contributed by atoms with Crippen LogP contribution in [0, 0.1) is 24.0 Å². The number of rotatable bonds is 6. The third-order valence-corrected chi connectivity index (χ3v) is 4.50. The van der Waals surface area contributed by atoms with Crippen LogP contribution in [0.4, 0.5) is 5.69 Å². The van der Waals surface area contributed by atoms with Gasteiger partial charge in [-0.15, -0.1) is 10.2 Å². The van der Waals surface area contributed by atoms with Gasteiger partial charge in [0.05, 0.1) is 16.4 Å². The number of hydrogen-bond donors (Lipinski definition) is 0. The molecule has 1 aromatic carbocycles. The van der Waals surface area contributed by atoms with Crippen LogP contribution >= 0.6 is 11.8 Å². The van der Waals surface area contributed by atoms with Crippen molar-refractivity contribution in [1.29, 1.82) is 0 Å². The molecule has 2 heterocycles. The van der Waals surface area contributed by atoms with Gasteiger partial charge < -0.3 is 0 Å². The first-order chi connectivity index (χ1) is 12.4. The molecule has 0 radical (unpaired) electrons. The molecule has 132 valence electrons. The molecule has 3 rings (SSSR count). The monoisotopic (exact) mass is 369 g/mol. The second kappa shape index (κ2) is 7.44. The summed E-state index contributed by atoms with van der Waals surface area (Å²) >= 11 is 1.23. The number of nitrogens with zero attached hydrogens (tertiary/aromatic N) is 5. The zero-order valence-corrected chi connectivity index (χ0v) is 14.9. The zero-order valence-electron chi connectivity index (χ0n) is 14.1. The first kappa shape index (κ1) is 17.7. The summed E-state index contributed by atoms with van der Waals surface area (Å²) < 4.78 is 1.70. The lowest BCUT2D eigenvalue weighted by atomic mass is 10.1. The van der Waals surface area contributed by atoms with Crippen molar-refractivity contribution in [2.24, 2.45) is 0 Å². The van der Waals surface area contributed by atoms with E-state index in [1.807, 2.05) is 19.9 Å². The molecular formula is C17H15N5O3S. The molecule has 0 spiro atoms.